The van der Waals surface area contributed by atoms with E-state index in [9.17, 15) is 0 Å². The minimum Gasteiger partial charge on any atom is -0.354 e. The predicted molar refractivity (Wildman–Crippen MR) is 80.2 cm³/mol. The maximum Gasteiger partial charge on any atom is 0.222 e. The predicted octanol–water partition coefficient (Wildman–Crippen LogP) is 1.69. The number of aromatic nitrogens is 4. The minimum absolute atomic E-state index is 0.610. The van der Waals surface area contributed by atoms with Crippen molar-refractivity contribution in [3.8, 4) is 0 Å². The van der Waals surface area contributed by atoms with Crippen molar-refractivity contribution < 1.29 is 0 Å². The summed E-state index contributed by atoms with van der Waals surface area (Å²) in [6.07, 6.45) is 6.04. The summed E-state index contributed by atoms with van der Waals surface area (Å²) in [5, 5.41) is 11.9. The van der Waals surface area contributed by atoms with Crippen molar-refractivity contribution in [2.75, 3.05) is 29.9 Å². The molecule has 3 heterocycles. The van der Waals surface area contributed by atoms with E-state index in [2.05, 4.69) is 42.5 Å². The highest BCUT2D eigenvalue weighted by Crippen LogP contribution is 2.38. The summed E-state index contributed by atoms with van der Waals surface area (Å²) < 4.78 is 0. The highest BCUT2D eigenvalue weighted by atomic mass is 15.3. The molecule has 2 fully saturated rings. The topological polar surface area (TPSA) is 66.8 Å². The molecule has 2 aromatic heterocycles. The number of nitrogens with one attached hydrogen (secondary N) is 1. The lowest BCUT2D eigenvalue weighted by Gasteiger charge is -2.39. The highest BCUT2D eigenvalue weighted by molar-refractivity contribution is 5.41. The van der Waals surface area contributed by atoms with Crippen molar-refractivity contribution in [3.05, 3.63) is 36.3 Å². The second kappa shape index (κ2) is 5.27. The van der Waals surface area contributed by atoms with Gasteiger partial charge in [0.25, 0.3) is 0 Å². The Morgan fingerprint density at radius 3 is 2.57 bits per heavy atom. The fourth-order valence-electron chi connectivity index (χ4n) is 2.61. The average Bonchev–Trinajstić information content (AvgIpc) is 3.32. The summed E-state index contributed by atoms with van der Waals surface area (Å²) in [7, 11) is 0. The van der Waals surface area contributed by atoms with Crippen LogP contribution in [-0.2, 0) is 0 Å². The lowest BCUT2D eigenvalue weighted by atomic mass is 10.0. The van der Waals surface area contributed by atoms with Crippen LogP contribution in [0, 0.1) is 5.92 Å². The van der Waals surface area contributed by atoms with Crippen LogP contribution in [0.3, 0.4) is 0 Å². The van der Waals surface area contributed by atoms with Crippen molar-refractivity contribution >= 4 is 11.8 Å². The monoisotopic (exact) mass is 282 g/mol. The SMILES string of the molecule is c1cnc(NCC2CN(c3ccc(C4CC4)nn3)C2)nc1. The fourth-order valence-corrected chi connectivity index (χ4v) is 2.61. The van der Waals surface area contributed by atoms with E-state index in [0.29, 0.717) is 17.8 Å². The first-order valence-corrected chi connectivity index (χ1v) is 7.48. The van der Waals surface area contributed by atoms with E-state index < -0.39 is 0 Å². The zero-order valence-corrected chi connectivity index (χ0v) is 11.8. The standard InChI is InChI=1S/C15H18N6/c1-6-16-15(17-7-1)18-8-11-9-21(10-11)14-5-4-13(19-20-14)12-2-3-12/h1,4-7,11-12H,2-3,8-10H2,(H,16,17,18). The summed E-state index contributed by atoms with van der Waals surface area (Å²) in [6, 6.07) is 6.05. The molecule has 0 unspecified atom stereocenters. The van der Waals surface area contributed by atoms with E-state index in [-0.39, 0.29) is 0 Å². The Morgan fingerprint density at radius 1 is 1.10 bits per heavy atom. The van der Waals surface area contributed by atoms with Gasteiger partial charge in [0.15, 0.2) is 5.82 Å². The molecule has 21 heavy (non-hydrogen) atoms. The number of rotatable bonds is 5. The molecule has 1 saturated carbocycles. The Kier molecular flexibility index (Phi) is 3.14. The smallest absolute Gasteiger partial charge is 0.222 e. The zero-order chi connectivity index (χ0) is 14.1. The van der Waals surface area contributed by atoms with Crippen LogP contribution in [0.1, 0.15) is 24.5 Å². The molecule has 6 heteroatoms. The Labute approximate surface area is 123 Å². The molecule has 1 aliphatic heterocycles. The molecule has 0 amide bonds. The Bertz CT molecular complexity index is 589. The van der Waals surface area contributed by atoms with Gasteiger partial charge in [-0.1, -0.05) is 0 Å². The molecular weight excluding hydrogens is 264 g/mol. The van der Waals surface area contributed by atoms with Crippen LogP contribution in [0.15, 0.2) is 30.6 Å². The highest BCUT2D eigenvalue weighted by Gasteiger charge is 2.29. The van der Waals surface area contributed by atoms with Gasteiger partial charge in [-0.05, 0) is 31.0 Å². The van der Waals surface area contributed by atoms with Crippen LogP contribution < -0.4 is 10.2 Å². The van der Waals surface area contributed by atoms with Crippen molar-refractivity contribution in [1.29, 1.82) is 0 Å². The molecule has 6 nitrogen and oxygen atoms in total. The fraction of sp³-hybridized carbons (Fsp3) is 0.467. The van der Waals surface area contributed by atoms with E-state index in [1.54, 1.807) is 12.4 Å². The van der Waals surface area contributed by atoms with E-state index >= 15 is 0 Å². The van der Waals surface area contributed by atoms with Gasteiger partial charge in [0.2, 0.25) is 5.95 Å². The molecule has 1 aliphatic carbocycles. The van der Waals surface area contributed by atoms with Crippen molar-refractivity contribution in [2.24, 2.45) is 5.92 Å². The maximum atomic E-state index is 4.35. The summed E-state index contributed by atoms with van der Waals surface area (Å²) >= 11 is 0. The third kappa shape index (κ3) is 2.79. The van der Waals surface area contributed by atoms with Gasteiger partial charge in [-0.15, -0.1) is 5.10 Å². The molecule has 0 atom stereocenters. The minimum atomic E-state index is 0.610. The lowest BCUT2D eigenvalue weighted by Crippen LogP contribution is -2.50. The Balaban J connectivity index is 1.26. The van der Waals surface area contributed by atoms with Gasteiger partial charge in [-0.2, -0.15) is 5.10 Å². The van der Waals surface area contributed by atoms with Crippen LogP contribution in [0.25, 0.3) is 0 Å². The first-order valence-electron chi connectivity index (χ1n) is 7.48. The lowest BCUT2D eigenvalue weighted by molar-refractivity contribution is 0.424. The van der Waals surface area contributed by atoms with Gasteiger partial charge < -0.3 is 10.2 Å². The summed E-state index contributed by atoms with van der Waals surface area (Å²) in [6.45, 7) is 2.92. The first kappa shape index (κ1) is 12.5. The van der Waals surface area contributed by atoms with Crippen LogP contribution in [0.4, 0.5) is 11.8 Å². The van der Waals surface area contributed by atoms with Crippen molar-refractivity contribution in [2.45, 2.75) is 18.8 Å². The van der Waals surface area contributed by atoms with Gasteiger partial charge in [-0.3, -0.25) is 0 Å². The van der Waals surface area contributed by atoms with Gasteiger partial charge in [0.1, 0.15) is 0 Å². The molecule has 0 bridgehead atoms. The first-order chi connectivity index (χ1) is 10.4. The molecule has 2 aliphatic rings. The Morgan fingerprint density at radius 2 is 1.90 bits per heavy atom. The number of anilines is 2. The molecule has 1 N–H and O–H groups in total. The molecule has 0 spiro atoms. The van der Waals surface area contributed by atoms with E-state index in [0.717, 1.165) is 31.1 Å². The summed E-state index contributed by atoms with van der Waals surface area (Å²) in [4.78, 5) is 10.6. The number of nitrogens with zero attached hydrogens (tertiary/aromatic N) is 5. The number of hydrogen-bond acceptors (Lipinski definition) is 6. The Hall–Kier alpha value is -2.24. The molecule has 4 rings (SSSR count). The third-order valence-electron chi connectivity index (χ3n) is 4.06. The normalized spacial score (nSPS) is 18.4. The van der Waals surface area contributed by atoms with Gasteiger partial charge in [0.05, 0.1) is 5.69 Å². The second-order valence-corrected chi connectivity index (χ2v) is 5.81. The van der Waals surface area contributed by atoms with Crippen LogP contribution in [0.2, 0.25) is 0 Å². The van der Waals surface area contributed by atoms with E-state index in [1.165, 1.54) is 12.8 Å². The van der Waals surface area contributed by atoms with Crippen molar-refractivity contribution in [3.63, 3.8) is 0 Å². The third-order valence-corrected chi connectivity index (χ3v) is 4.06. The van der Waals surface area contributed by atoms with Crippen LogP contribution in [-0.4, -0.2) is 39.8 Å². The molecule has 0 radical (unpaired) electrons. The summed E-state index contributed by atoms with van der Waals surface area (Å²) in [5.41, 5.74) is 1.15. The van der Waals surface area contributed by atoms with Crippen LogP contribution >= 0.6 is 0 Å². The average molecular weight is 282 g/mol. The van der Waals surface area contributed by atoms with Gasteiger partial charge in [-0.25, -0.2) is 9.97 Å². The quantitative estimate of drug-likeness (QED) is 0.900. The molecule has 2 aromatic rings. The second-order valence-electron chi connectivity index (χ2n) is 5.81. The van der Waals surface area contributed by atoms with E-state index in [1.807, 2.05) is 6.07 Å². The van der Waals surface area contributed by atoms with E-state index in [4.69, 9.17) is 0 Å². The molecule has 1 saturated heterocycles. The maximum absolute atomic E-state index is 4.35. The van der Waals surface area contributed by atoms with Gasteiger partial charge >= 0.3 is 0 Å². The van der Waals surface area contributed by atoms with Crippen molar-refractivity contribution in [1.82, 2.24) is 20.2 Å². The number of hydrogen-bond donors (Lipinski definition) is 1. The molecule has 0 aromatic carbocycles. The van der Waals surface area contributed by atoms with Gasteiger partial charge in [0, 0.05) is 43.9 Å². The molecule has 108 valence electrons. The summed E-state index contributed by atoms with van der Waals surface area (Å²) in [5.74, 6) is 2.97. The molecular formula is C15H18N6. The largest absolute Gasteiger partial charge is 0.354 e. The van der Waals surface area contributed by atoms with Crippen LogP contribution in [0.5, 0.6) is 0 Å². The zero-order valence-electron chi connectivity index (χ0n) is 11.8.